The largest absolute Gasteiger partial charge is 0.393 e. The Morgan fingerprint density at radius 3 is 2.41 bits per heavy atom. The summed E-state index contributed by atoms with van der Waals surface area (Å²) in [5.74, 6) is 0.921. The molecule has 2 fully saturated rings. The van der Waals surface area contributed by atoms with Crippen molar-refractivity contribution >= 4 is 29.9 Å². The van der Waals surface area contributed by atoms with Gasteiger partial charge in [-0.25, -0.2) is 0 Å². The molecule has 2 saturated carbocycles. The van der Waals surface area contributed by atoms with Gasteiger partial charge < -0.3 is 21.1 Å². The van der Waals surface area contributed by atoms with Gasteiger partial charge in [0.2, 0.25) is 0 Å². The molecule has 0 aromatic heterocycles. The molecule has 0 saturated heterocycles. The number of guanidine groups is 1. The average Bonchev–Trinajstić information content (AvgIpc) is 3.17. The Labute approximate surface area is 193 Å². The zero-order chi connectivity index (χ0) is 19.8. The molecule has 0 spiro atoms. The van der Waals surface area contributed by atoms with Crippen LogP contribution in [0.1, 0.15) is 76.8 Å². The second kappa shape index (κ2) is 12.1. The van der Waals surface area contributed by atoms with Crippen LogP contribution in [0.5, 0.6) is 0 Å². The minimum absolute atomic E-state index is 0. The van der Waals surface area contributed by atoms with E-state index in [4.69, 9.17) is 4.99 Å². The zero-order valence-electron chi connectivity index (χ0n) is 18.0. The molecule has 2 aliphatic carbocycles. The molecular formula is C23H39IN4O. The van der Waals surface area contributed by atoms with Gasteiger partial charge in [0.1, 0.15) is 0 Å². The van der Waals surface area contributed by atoms with Crippen molar-refractivity contribution in [1.82, 2.24) is 16.0 Å². The second-order valence-corrected chi connectivity index (χ2v) is 8.61. The van der Waals surface area contributed by atoms with Gasteiger partial charge in [-0.1, -0.05) is 43.2 Å². The van der Waals surface area contributed by atoms with E-state index in [1.165, 1.54) is 31.2 Å². The lowest BCUT2D eigenvalue weighted by atomic mass is 9.93. The van der Waals surface area contributed by atoms with E-state index in [0.717, 1.165) is 44.7 Å². The quantitative estimate of drug-likeness (QED) is 0.251. The molecule has 4 N–H and O–H groups in total. The van der Waals surface area contributed by atoms with Crippen molar-refractivity contribution in [3.05, 3.63) is 35.9 Å². The number of halogens is 1. The van der Waals surface area contributed by atoms with Crippen LogP contribution in [0.3, 0.4) is 0 Å². The van der Waals surface area contributed by atoms with E-state index in [2.05, 4.69) is 60.1 Å². The Kier molecular flexibility index (Phi) is 10.2. The smallest absolute Gasteiger partial charge is 0.191 e. The maximum atomic E-state index is 9.74. The van der Waals surface area contributed by atoms with Gasteiger partial charge in [0, 0.05) is 24.2 Å². The molecule has 2 aliphatic rings. The van der Waals surface area contributed by atoms with Gasteiger partial charge >= 0.3 is 0 Å². The second-order valence-electron chi connectivity index (χ2n) is 8.61. The molecule has 1 aromatic carbocycles. The molecule has 0 radical (unpaired) electrons. The molecule has 0 heterocycles. The molecule has 0 bridgehead atoms. The van der Waals surface area contributed by atoms with Crippen molar-refractivity contribution in [1.29, 1.82) is 0 Å². The molecule has 29 heavy (non-hydrogen) atoms. The third kappa shape index (κ3) is 7.40. The fraction of sp³-hybridized carbons (Fsp3) is 0.696. The topological polar surface area (TPSA) is 68.7 Å². The van der Waals surface area contributed by atoms with E-state index in [-0.39, 0.29) is 35.6 Å². The number of hydrogen-bond acceptors (Lipinski definition) is 3. The maximum Gasteiger partial charge on any atom is 0.191 e. The third-order valence-corrected chi connectivity index (χ3v) is 6.30. The van der Waals surface area contributed by atoms with E-state index in [9.17, 15) is 5.11 Å². The first-order chi connectivity index (χ1) is 13.6. The summed E-state index contributed by atoms with van der Waals surface area (Å²) >= 11 is 0. The number of hydrogen-bond donors (Lipinski definition) is 4. The number of nitrogens with zero attached hydrogens (tertiary/aromatic N) is 1. The first-order valence-electron chi connectivity index (χ1n) is 11.2. The van der Waals surface area contributed by atoms with E-state index >= 15 is 0 Å². The summed E-state index contributed by atoms with van der Waals surface area (Å²) in [7, 11) is 0. The van der Waals surface area contributed by atoms with Crippen LogP contribution in [0, 0.1) is 0 Å². The Hall–Kier alpha value is -0.860. The van der Waals surface area contributed by atoms with Crippen LogP contribution in [0.2, 0.25) is 0 Å². The summed E-state index contributed by atoms with van der Waals surface area (Å²) in [4.78, 5) is 5.00. The number of aliphatic imine (C=N–C) groups is 1. The summed E-state index contributed by atoms with van der Waals surface area (Å²) in [6.07, 6.45) is 8.59. The van der Waals surface area contributed by atoms with Crippen LogP contribution in [0.25, 0.3) is 0 Å². The Bertz CT molecular complexity index is 611. The predicted octanol–water partition coefficient (Wildman–Crippen LogP) is 4.13. The molecule has 3 rings (SSSR count). The highest BCUT2D eigenvalue weighted by Gasteiger charge is 2.35. The van der Waals surface area contributed by atoms with Gasteiger partial charge in [-0.3, -0.25) is 4.99 Å². The molecule has 0 aliphatic heterocycles. The van der Waals surface area contributed by atoms with E-state index in [1.54, 1.807) is 0 Å². The van der Waals surface area contributed by atoms with Crippen LogP contribution in [-0.4, -0.2) is 41.8 Å². The van der Waals surface area contributed by atoms with Crippen molar-refractivity contribution in [2.45, 2.75) is 88.9 Å². The highest BCUT2D eigenvalue weighted by Crippen LogP contribution is 2.32. The van der Waals surface area contributed by atoms with Crippen LogP contribution in [-0.2, 0) is 0 Å². The standard InChI is InChI=1S/C23H38N4O.HI/c1-3-24-22(26-20-11-13-21(28)14-12-20)25-17-23(15-7-8-16-23)27-18(2)19-9-5-4-6-10-19;/h4-6,9-10,18,20-21,27-28H,3,7-8,11-17H2,1-2H3,(H2,24,25,26);1H. The number of benzene rings is 1. The highest BCUT2D eigenvalue weighted by molar-refractivity contribution is 14.0. The molecular weight excluding hydrogens is 475 g/mol. The monoisotopic (exact) mass is 514 g/mol. The number of aliphatic hydroxyl groups is 1. The first-order valence-corrected chi connectivity index (χ1v) is 11.2. The molecule has 6 heteroatoms. The molecule has 1 atom stereocenters. The fourth-order valence-corrected chi connectivity index (χ4v) is 4.65. The number of aliphatic hydroxyl groups excluding tert-OH is 1. The summed E-state index contributed by atoms with van der Waals surface area (Å²) < 4.78 is 0. The van der Waals surface area contributed by atoms with Gasteiger partial charge in [-0.05, 0) is 57.9 Å². The van der Waals surface area contributed by atoms with Crippen molar-refractivity contribution < 1.29 is 5.11 Å². The van der Waals surface area contributed by atoms with Crippen LogP contribution in [0.15, 0.2) is 35.3 Å². The van der Waals surface area contributed by atoms with E-state index in [0.29, 0.717) is 12.1 Å². The van der Waals surface area contributed by atoms with Crippen LogP contribution < -0.4 is 16.0 Å². The number of rotatable bonds is 7. The molecule has 5 nitrogen and oxygen atoms in total. The van der Waals surface area contributed by atoms with Gasteiger partial charge in [0.15, 0.2) is 5.96 Å². The first kappa shape index (κ1) is 24.4. The van der Waals surface area contributed by atoms with Gasteiger partial charge in [0.25, 0.3) is 0 Å². The lowest BCUT2D eigenvalue weighted by Crippen LogP contribution is -2.49. The van der Waals surface area contributed by atoms with Crippen molar-refractivity contribution in [3.63, 3.8) is 0 Å². The van der Waals surface area contributed by atoms with Crippen molar-refractivity contribution in [3.8, 4) is 0 Å². The summed E-state index contributed by atoms with van der Waals surface area (Å²) in [5, 5.41) is 20.7. The Morgan fingerprint density at radius 1 is 1.14 bits per heavy atom. The summed E-state index contributed by atoms with van der Waals surface area (Å²) in [5.41, 5.74) is 1.42. The van der Waals surface area contributed by atoms with Gasteiger partial charge in [0.05, 0.1) is 12.6 Å². The minimum Gasteiger partial charge on any atom is -0.393 e. The predicted molar refractivity (Wildman–Crippen MR) is 132 cm³/mol. The SMILES string of the molecule is CCNC(=NCC1(NC(C)c2ccccc2)CCCC1)NC1CCC(O)CC1.I. The van der Waals surface area contributed by atoms with Crippen molar-refractivity contribution in [2.75, 3.05) is 13.1 Å². The number of nitrogens with one attached hydrogen (secondary N) is 3. The lowest BCUT2D eigenvalue weighted by Gasteiger charge is -2.33. The fourth-order valence-electron chi connectivity index (χ4n) is 4.65. The van der Waals surface area contributed by atoms with Crippen molar-refractivity contribution in [2.24, 2.45) is 4.99 Å². The van der Waals surface area contributed by atoms with Gasteiger partial charge in [-0.2, -0.15) is 0 Å². The molecule has 0 amide bonds. The molecule has 1 aromatic rings. The molecule has 1 unspecified atom stereocenters. The minimum atomic E-state index is -0.122. The average molecular weight is 514 g/mol. The third-order valence-electron chi connectivity index (χ3n) is 6.30. The highest BCUT2D eigenvalue weighted by atomic mass is 127. The van der Waals surface area contributed by atoms with Crippen LogP contribution >= 0.6 is 24.0 Å². The summed E-state index contributed by atoms with van der Waals surface area (Å²) in [6.45, 7) is 6.04. The normalized spacial score (nSPS) is 25.1. The molecule has 164 valence electrons. The Morgan fingerprint density at radius 2 is 1.79 bits per heavy atom. The van der Waals surface area contributed by atoms with E-state index in [1.807, 2.05) is 0 Å². The van der Waals surface area contributed by atoms with Gasteiger partial charge in [-0.15, -0.1) is 24.0 Å². The Balaban J connectivity index is 0.00000300. The summed E-state index contributed by atoms with van der Waals surface area (Å²) in [6, 6.07) is 11.4. The van der Waals surface area contributed by atoms with Crippen LogP contribution in [0.4, 0.5) is 0 Å². The zero-order valence-corrected chi connectivity index (χ0v) is 20.3. The lowest BCUT2D eigenvalue weighted by molar-refractivity contribution is 0.120. The van der Waals surface area contributed by atoms with E-state index < -0.39 is 0 Å². The maximum absolute atomic E-state index is 9.74.